The first kappa shape index (κ1) is 24.6. The maximum absolute atomic E-state index is 14.2. The summed E-state index contributed by atoms with van der Waals surface area (Å²) in [6.45, 7) is -1.63. The molecular weight excluding hydrogens is 523 g/mol. The first-order valence-corrected chi connectivity index (χ1v) is 9.76. The van der Waals surface area contributed by atoms with E-state index in [2.05, 4.69) is 20.9 Å². The molecule has 1 fully saturated rings. The van der Waals surface area contributed by atoms with E-state index < -0.39 is 60.2 Å². The molecule has 1 N–H and O–H groups in total. The molecule has 1 saturated heterocycles. The normalized spacial score (nSPS) is 20.2. The van der Waals surface area contributed by atoms with Gasteiger partial charge in [-0.1, -0.05) is 6.07 Å². The molecule has 3 nitrogen and oxygen atoms in total. The molecule has 1 aromatic heterocycles. The number of alkyl halides is 9. The van der Waals surface area contributed by atoms with E-state index in [-0.39, 0.29) is 35.2 Å². The van der Waals surface area contributed by atoms with E-state index >= 15 is 0 Å². The van der Waals surface area contributed by atoms with Crippen molar-refractivity contribution in [1.82, 2.24) is 4.98 Å². The van der Waals surface area contributed by atoms with Crippen molar-refractivity contribution < 1.29 is 44.6 Å². The summed E-state index contributed by atoms with van der Waals surface area (Å²) < 4.78 is 122. The minimum Gasteiger partial charge on any atom is -0.392 e. The predicted octanol–water partition coefficient (Wildman–Crippen LogP) is 6.08. The highest BCUT2D eigenvalue weighted by Crippen LogP contribution is 2.50. The highest BCUT2D eigenvalue weighted by Gasteiger charge is 2.60. The number of aliphatic hydroxyl groups is 1. The fraction of sp³-hybridized carbons (Fsp3) is 0.421. The number of pyridine rings is 1. The van der Waals surface area contributed by atoms with Crippen molar-refractivity contribution in [2.75, 3.05) is 18.0 Å². The van der Waals surface area contributed by atoms with Gasteiger partial charge in [0.05, 0.1) is 17.7 Å². The average molecular weight is 537 g/mol. The number of rotatable bonds is 3. The van der Waals surface area contributed by atoms with Crippen molar-refractivity contribution in [3.63, 3.8) is 0 Å². The molecule has 1 aliphatic rings. The van der Waals surface area contributed by atoms with Crippen LogP contribution < -0.4 is 4.90 Å². The highest BCUT2D eigenvalue weighted by molar-refractivity contribution is 9.10. The lowest BCUT2D eigenvalue weighted by Crippen LogP contribution is -2.45. The summed E-state index contributed by atoms with van der Waals surface area (Å²) in [5.74, 6) is 0.0308. The Bertz CT molecular complexity index is 972. The molecule has 1 aromatic carbocycles. The Morgan fingerprint density at radius 2 is 1.50 bits per heavy atom. The fourth-order valence-electron chi connectivity index (χ4n) is 3.61. The monoisotopic (exact) mass is 536 g/mol. The lowest BCUT2D eigenvalue weighted by molar-refractivity contribution is -0.185. The molecule has 0 saturated carbocycles. The van der Waals surface area contributed by atoms with Gasteiger partial charge in [0, 0.05) is 18.7 Å². The maximum Gasteiger partial charge on any atom is 0.416 e. The molecule has 1 unspecified atom stereocenters. The van der Waals surface area contributed by atoms with Crippen LogP contribution in [0.15, 0.2) is 34.9 Å². The average Bonchev–Trinajstić information content (AvgIpc) is 3.13. The molecular formula is C19H14BrF9N2O. The molecule has 0 bridgehead atoms. The zero-order chi connectivity index (χ0) is 24.1. The third-order valence-electron chi connectivity index (χ3n) is 5.36. The first-order valence-electron chi connectivity index (χ1n) is 8.96. The Morgan fingerprint density at radius 1 is 0.938 bits per heavy atom. The molecule has 2 aromatic rings. The minimum atomic E-state index is -5.27. The number of hydrogen-bond acceptors (Lipinski definition) is 3. The van der Waals surface area contributed by atoms with Gasteiger partial charge in [-0.2, -0.15) is 39.5 Å². The topological polar surface area (TPSA) is 36.4 Å². The van der Waals surface area contributed by atoms with E-state index in [0.717, 1.165) is 4.90 Å². The van der Waals surface area contributed by atoms with Crippen LogP contribution in [0.25, 0.3) is 0 Å². The Kier molecular flexibility index (Phi) is 6.22. The van der Waals surface area contributed by atoms with E-state index in [4.69, 9.17) is 0 Å². The summed E-state index contributed by atoms with van der Waals surface area (Å²) >= 11 is 3.06. The summed E-state index contributed by atoms with van der Waals surface area (Å²) in [5.41, 5.74) is -7.35. The number of halogens is 10. The SMILES string of the molecule is OCc1ccc(N2CCC(c3cc(C(F)(F)F)cc(C(F)(F)F)c3)(C(F)(F)F)C2)nc1Br. The zero-order valence-corrected chi connectivity index (χ0v) is 17.4. The van der Waals surface area contributed by atoms with Gasteiger partial charge in [0.15, 0.2) is 0 Å². The van der Waals surface area contributed by atoms with Crippen molar-refractivity contribution in [3.05, 3.63) is 57.2 Å². The van der Waals surface area contributed by atoms with Crippen LogP contribution in [0.3, 0.4) is 0 Å². The van der Waals surface area contributed by atoms with Gasteiger partial charge >= 0.3 is 18.5 Å². The Labute approximate surface area is 184 Å². The Morgan fingerprint density at radius 3 is 1.94 bits per heavy atom. The number of nitrogens with zero attached hydrogens (tertiary/aromatic N) is 2. The molecule has 1 aliphatic heterocycles. The van der Waals surface area contributed by atoms with Crippen LogP contribution >= 0.6 is 15.9 Å². The third kappa shape index (κ3) is 4.54. The molecule has 13 heteroatoms. The van der Waals surface area contributed by atoms with Crippen LogP contribution in [0.1, 0.15) is 28.7 Å². The molecule has 176 valence electrons. The largest absolute Gasteiger partial charge is 0.416 e. The minimum absolute atomic E-state index is 0.0308. The van der Waals surface area contributed by atoms with Crippen molar-refractivity contribution in [1.29, 1.82) is 0 Å². The quantitative estimate of drug-likeness (QED) is 0.381. The van der Waals surface area contributed by atoms with Crippen molar-refractivity contribution >= 4 is 21.7 Å². The van der Waals surface area contributed by atoms with Crippen LogP contribution in [-0.2, 0) is 24.4 Å². The van der Waals surface area contributed by atoms with Crippen LogP contribution in [0.5, 0.6) is 0 Å². The summed E-state index contributed by atoms with van der Waals surface area (Å²) in [5, 5.41) is 9.18. The van der Waals surface area contributed by atoms with Gasteiger partial charge in [-0.05, 0) is 52.2 Å². The van der Waals surface area contributed by atoms with E-state index in [9.17, 15) is 44.6 Å². The van der Waals surface area contributed by atoms with E-state index in [1.807, 2.05) is 0 Å². The van der Waals surface area contributed by atoms with Crippen LogP contribution in [0.4, 0.5) is 45.3 Å². The van der Waals surface area contributed by atoms with Crippen molar-refractivity contribution in [2.24, 2.45) is 0 Å². The van der Waals surface area contributed by atoms with Crippen LogP contribution in [-0.4, -0.2) is 29.4 Å². The van der Waals surface area contributed by atoms with Gasteiger partial charge in [0.2, 0.25) is 0 Å². The van der Waals surface area contributed by atoms with Gasteiger partial charge in [-0.3, -0.25) is 0 Å². The first-order chi connectivity index (χ1) is 14.6. The smallest absolute Gasteiger partial charge is 0.392 e. The van der Waals surface area contributed by atoms with Crippen LogP contribution in [0.2, 0.25) is 0 Å². The van der Waals surface area contributed by atoms with Gasteiger partial charge in [-0.25, -0.2) is 4.98 Å². The van der Waals surface area contributed by atoms with Gasteiger partial charge in [0.25, 0.3) is 0 Å². The number of anilines is 1. The van der Waals surface area contributed by atoms with Gasteiger partial charge in [-0.15, -0.1) is 0 Å². The Hall–Kier alpha value is -2.02. The number of benzene rings is 1. The molecule has 1 atom stereocenters. The molecule has 0 aliphatic carbocycles. The second-order valence-corrected chi connectivity index (χ2v) is 8.07. The lowest BCUT2D eigenvalue weighted by atomic mass is 9.77. The summed E-state index contributed by atoms with van der Waals surface area (Å²) in [7, 11) is 0. The lowest BCUT2D eigenvalue weighted by Gasteiger charge is -2.33. The Balaban J connectivity index is 2.13. The van der Waals surface area contributed by atoms with Crippen molar-refractivity contribution in [3.8, 4) is 0 Å². The third-order valence-corrected chi connectivity index (χ3v) is 6.04. The number of aliphatic hydroxyl groups excluding tert-OH is 1. The maximum atomic E-state index is 14.2. The molecule has 3 rings (SSSR count). The fourth-order valence-corrected chi connectivity index (χ4v) is 4.05. The second kappa shape index (κ2) is 8.08. The molecule has 0 spiro atoms. The molecule has 0 amide bonds. The van der Waals surface area contributed by atoms with Crippen molar-refractivity contribution in [2.45, 2.75) is 37.0 Å². The number of aromatic nitrogens is 1. The van der Waals surface area contributed by atoms with E-state index in [0.29, 0.717) is 5.56 Å². The zero-order valence-electron chi connectivity index (χ0n) is 15.8. The molecule has 32 heavy (non-hydrogen) atoms. The predicted molar refractivity (Wildman–Crippen MR) is 98.9 cm³/mol. The van der Waals surface area contributed by atoms with Gasteiger partial charge < -0.3 is 10.0 Å². The van der Waals surface area contributed by atoms with Gasteiger partial charge in [0.1, 0.15) is 15.8 Å². The second-order valence-electron chi connectivity index (χ2n) is 7.32. The highest BCUT2D eigenvalue weighted by atomic mass is 79.9. The van der Waals surface area contributed by atoms with E-state index in [1.54, 1.807) is 0 Å². The van der Waals surface area contributed by atoms with Crippen LogP contribution in [0, 0.1) is 0 Å². The molecule has 0 radical (unpaired) electrons. The summed E-state index contributed by atoms with van der Waals surface area (Å²) in [6, 6.07) is 2.77. The molecule has 2 heterocycles. The standard InChI is InChI=1S/C19H14BrF9N2O/c20-15-10(8-32)1-2-14(30-15)31-4-3-16(9-31,19(27,28)29)11-5-12(17(21,22)23)7-13(6-11)18(24,25)26/h1-2,5-7,32H,3-4,8-9H2. The van der Waals surface area contributed by atoms with E-state index in [1.165, 1.54) is 12.1 Å². The summed E-state index contributed by atoms with van der Waals surface area (Å²) in [6.07, 6.45) is -16.4. The number of hydrogen-bond donors (Lipinski definition) is 1. The summed E-state index contributed by atoms with van der Waals surface area (Å²) in [4.78, 5) is 5.17.